The number of hydrogen-bond acceptors (Lipinski definition) is 4. The number of rotatable bonds is 2. The Morgan fingerprint density at radius 2 is 2.00 bits per heavy atom. The maximum absolute atomic E-state index is 13.1. The summed E-state index contributed by atoms with van der Waals surface area (Å²) in [7, 11) is 0. The van der Waals surface area contributed by atoms with Crippen LogP contribution in [0.25, 0.3) is 10.2 Å². The summed E-state index contributed by atoms with van der Waals surface area (Å²) in [6.07, 6.45) is 4.47. The first-order valence-electron chi connectivity index (χ1n) is 5.43. The highest BCUT2D eigenvalue weighted by molar-refractivity contribution is 7.17. The molecule has 3 aromatic rings. The van der Waals surface area contributed by atoms with Crippen LogP contribution >= 0.6 is 11.3 Å². The first kappa shape index (κ1) is 11.3. The Hall–Kier alpha value is -1.85. The third-order valence-electron chi connectivity index (χ3n) is 2.77. The smallest absolute Gasteiger partial charge is 0.141 e. The third kappa shape index (κ3) is 1.98. The van der Waals surface area contributed by atoms with Crippen LogP contribution in [-0.4, -0.2) is 9.97 Å². The lowest BCUT2D eigenvalue weighted by atomic mass is 10.0. The summed E-state index contributed by atoms with van der Waals surface area (Å²) in [5.74, 6) is -0.381. The van der Waals surface area contributed by atoms with Crippen LogP contribution in [0.1, 0.15) is 17.2 Å². The summed E-state index contributed by atoms with van der Waals surface area (Å²) in [5.41, 5.74) is 8.56. The molecule has 0 aliphatic heterocycles. The fourth-order valence-corrected chi connectivity index (χ4v) is 2.61. The van der Waals surface area contributed by atoms with E-state index < -0.39 is 6.04 Å². The average molecular weight is 259 g/mol. The van der Waals surface area contributed by atoms with Gasteiger partial charge in [0.15, 0.2) is 0 Å². The number of nitrogens with zero attached hydrogens (tertiary/aromatic N) is 2. The molecule has 0 saturated carbocycles. The van der Waals surface area contributed by atoms with Crippen molar-refractivity contribution in [1.82, 2.24) is 9.97 Å². The highest BCUT2D eigenvalue weighted by Gasteiger charge is 2.11. The van der Waals surface area contributed by atoms with E-state index >= 15 is 0 Å². The van der Waals surface area contributed by atoms with Gasteiger partial charge in [0.05, 0.1) is 22.5 Å². The largest absolute Gasteiger partial charge is 0.320 e. The highest BCUT2D eigenvalue weighted by Crippen LogP contribution is 2.25. The molecule has 0 saturated heterocycles. The van der Waals surface area contributed by atoms with Gasteiger partial charge in [-0.05, 0) is 34.7 Å². The predicted molar refractivity (Wildman–Crippen MR) is 69.8 cm³/mol. The molecule has 3 heterocycles. The second kappa shape index (κ2) is 4.44. The van der Waals surface area contributed by atoms with Gasteiger partial charge >= 0.3 is 0 Å². The molecule has 2 N–H and O–H groups in total. The second-order valence-electron chi connectivity index (χ2n) is 3.99. The zero-order valence-corrected chi connectivity index (χ0v) is 10.2. The maximum Gasteiger partial charge on any atom is 0.141 e. The van der Waals surface area contributed by atoms with Crippen LogP contribution in [0.3, 0.4) is 0 Å². The van der Waals surface area contributed by atoms with E-state index in [0.717, 1.165) is 22.0 Å². The van der Waals surface area contributed by atoms with E-state index in [1.165, 1.54) is 6.07 Å². The Morgan fingerprint density at radius 3 is 2.83 bits per heavy atom. The summed E-state index contributed by atoms with van der Waals surface area (Å²) in [5, 5.41) is 1.98. The van der Waals surface area contributed by atoms with Gasteiger partial charge in [0.1, 0.15) is 5.82 Å². The van der Waals surface area contributed by atoms with E-state index in [2.05, 4.69) is 9.97 Å². The van der Waals surface area contributed by atoms with Gasteiger partial charge in [-0.25, -0.2) is 4.39 Å². The van der Waals surface area contributed by atoms with Gasteiger partial charge in [-0.1, -0.05) is 0 Å². The topological polar surface area (TPSA) is 51.8 Å². The van der Waals surface area contributed by atoms with Gasteiger partial charge in [-0.3, -0.25) is 9.97 Å². The molecule has 0 aliphatic rings. The minimum atomic E-state index is -0.410. The van der Waals surface area contributed by atoms with Crippen molar-refractivity contribution in [2.45, 2.75) is 6.04 Å². The first-order valence-corrected chi connectivity index (χ1v) is 6.31. The minimum Gasteiger partial charge on any atom is -0.320 e. The van der Waals surface area contributed by atoms with Gasteiger partial charge in [0.25, 0.3) is 0 Å². The molecule has 5 heteroatoms. The van der Waals surface area contributed by atoms with E-state index in [-0.39, 0.29) is 5.82 Å². The molecule has 3 rings (SSSR count). The van der Waals surface area contributed by atoms with E-state index in [1.807, 2.05) is 17.5 Å². The summed E-state index contributed by atoms with van der Waals surface area (Å²) < 4.78 is 14.2. The summed E-state index contributed by atoms with van der Waals surface area (Å²) >= 11 is 1.61. The fraction of sp³-hybridized carbons (Fsp3) is 0.0769. The normalized spacial score (nSPS) is 12.8. The van der Waals surface area contributed by atoms with E-state index in [9.17, 15) is 4.39 Å². The van der Waals surface area contributed by atoms with E-state index in [0.29, 0.717) is 5.56 Å². The summed E-state index contributed by atoms with van der Waals surface area (Å²) in [6.45, 7) is 0. The molecule has 0 aliphatic carbocycles. The number of nitrogens with two attached hydrogens (primary N) is 1. The number of pyridine rings is 2. The lowest BCUT2D eigenvalue weighted by Gasteiger charge is -2.11. The Labute approximate surface area is 107 Å². The van der Waals surface area contributed by atoms with Crippen molar-refractivity contribution in [2.75, 3.05) is 0 Å². The van der Waals surface area contributed by atoms with Crippen LogP contribution in [0.4, 0.5) is 4.39 Å². The second-order valence-corrected chi connectivity index (χ2v) is 4.93. The first-order chi connectivity index (χ1) is 8.74. The number of fused-ring (bicyclic) bond motifs is 1. The monoisotopic (exact) mass is 259 g/mol. The van der Waals surface area contributed by atoms with Crippen LogP contribution < -0.4 is 5.73 Å². The fourth-order valence-electron chi connectivity index (χ4n) is 1.82. The van der Waals surface area contributed by atoms with Gasteiger partial charge in [-0.2, -0.15) is 0 Å². The number of thiophene rings is 1. The maximum atomic E-state index is 13.1. The molecule has 0 aromatic carbocycles. The lowest BCUT2D eigenvalue weighted by molar-refractivity contribution is 0.616. The number of halogens is 1. The van der Waals surface area contributed by atoms with Gasteiger partial charge < -0.3 is 5.73 Å². The Balaban J connectivity index is 2.02. The molecule has 0 fully saturated rings. The summed E-state index contributed by atoms with van der Waals surface area (Å²) in [4.78, 5) is 8.14. The molecular weight excluding hydrogens is 249 g/mol. The molecule has 1 unspecified atom stereocenters. The molecule has 0 amide bonds. The Kier molecular flexibility index (Phi) is 2.77. The predicted octanol–water partition coefficient (Wildman–Crippen LogP) is 2.88. The molecule has 3 aromatic heterocycles. The standard InChI is InChI=1S/C13H10FN3S/c14-10-3-8(5-16-7-10)13(15)9-4-12-11(17-6-9)1-2-18-12/h1-7,13H,15H2. The van der Waals surface area contributed by atoms with Crippen molar-refractivity contribution in [2.24, 2.45) is 5.73 Å². The zero-order chi connectivity index (χ0) is 12.5. The van der Waals surface area contributed by atoms with Crippen molar-refractivity contribution in [3.05, 3.63) is 59.1 Å². The van der Waals surface area contributed by atoms with Crippen LogP contribution in [0, 0.1) is 5.82 Å². The zero-order valence-electron chi connectivity index (χ0n) is 9.38. The van der Waals surface area contributed by atoms with Gasteiger partial charge in [0.2, 0.25) is 0 Å². The van der Waals surface area contributed by atoms with Crippen molar-refractivity contribution >= 4 is 21.6 Å². The minimum absolute atomic E-state index is 0.381. The van der Waals surface area contributed by atoms with Crippen molar-refractivity contribution in [3.8, 4) is 0 Å². The molecule has 3 nitrogen and oxygen atoms in total. The van der Waals surface area contributed by atoms with E-state index in [1.54, 1.807) is 23.7 Å². The number of aromatic nitrogens is 2. The third-order valence-corrected chi connectivity index (χ3v) is 3.62. The van der Waals surface area contributed by atoms with E-state index in [4.69, 9.17) is 5.73 Å². The molecule has 0 spiro atoms. The molecular formula is C13H10FN3S. The van der Waals surface area contributed by atoms with Gasteiger partial charge in [0, 0.05) is 12.4 Å². The molecule has 0 radical (unpaired) electrons. The Bertz CT molecular complexity index is 695. The quantitative estimate of drug-likeness (QED) is 0.770. The average Bonchev–Trinajstić information content (AvgIpc) is 2.85. The summed E-state index contributed by atoms with van der Waals surface area (Å²) in [6, 6.07) is 4.94. The van der Waals surface area contributed by atoms with Crippen LogP contribution in [0.5, 0.6) is 0 Å². The van der Waals surface area contributed by atoms with Crippen LogP contribution in [0.2, 0.25) is 0 Å². The number of hydrogen-bond donors (Lipinski definition) is 1. The molecule has 90 valence electrons. The highest BCUT2D eigenvalue weighted by atomic mass is 32.1. The van der Waals surface area contributed by atoms with Crippen molar-refractivity contribution in [1.29, 1.82) is 0 Å². The van der Waals surface area contributed by atoms with Crippen molar-refractivity contribution < 1.29 is 4.39 Å². The molecule has 18 heavy (non-hydrogen) atoms. The SMILES string of the molecule is NC(c1cncc(F)c1)c1cnc2ccsc2c1. The van der Waals surface area contributed by atoms with Crippen molar-refractivity contribution in [3.63, 3.8) is 0 Å². The van der Waals surface area contributed by atoms with Crippen LogP contribution in [0.15, 0.2) is 42.2 Å². The molecule has 1 atom stereocenters. The van der Waals surface area contributed by atoms with Crippen LogP contribution in [-0.2, 0) is 0 Å². The van der Waals surface area contributed by atoms with Gasteiger partial charge in [-0.15, -0.1) is 11.3 Å². The Morgan fingerprint density at radius 1 is 1.17 bits per heavy atom. The lowest BCUT2D eigenvalue weighted by Crippen LogP contribution is -2.12. The molecule has 0 bridgehead atoms.